The molecule has 2 nitrogen and oxygen atoms in total. The average molecular weight is 232 g/mol. The van der Waals surface area contributed by atoms with Gasteiger partial charge in [0, 0.05) is 12.1 Å². The van der Waals surface area contributed by atoms with Crippen molar-refractivity contribution in [3.63, 3.8) is 0 Å². The minimum Gasteiger partial charge on any atom is -0.313 e. The number of nitrogens with one attached hydrogen (secondary N) is 2. The Balaban J connectivity index is 2.28. The van der Waals surface area contributed by atoms with Crippen molar-refractivity contribution in [1.82, 2.24) is 10.6 Å². The molecule has 0 atom stereocenters. The van der Waals surface area contributed by atoms with Crippen molar-refractivity contribution in [2.45, 2.75) is 25.8 Å². The zero-order valence-corrected chi connectivity index (χ0v) is 11.0. The molecule has 0 aliphatic carbocycles. The second-order valence-corrected chi connectivity index (χ2v) is 4.76. The molecule has 0 heterocycles. The van der Waals surface area contributed by atoms with Crippen LogP contribution < -0.4 is 10.6 Å². The maximum absolute atomic E-state index is 3.68. The summed E-state index contributed by atoms with van der Waals surface area (Å²) in [7, 11) is 0. The van der Waals surface area contributed by atoms with E-state index in [0.29, 0.717) is 0 Å². The molecule has 0 saturated heterocycles. The van der Waals surface area contributed by atoms with E-state index in [1.807, 2.05) is 6.08 Å². The second kappa shape index (κ2) is 7.25. The summed E-state index contributed by atoms with van der Waals surface area (Å²) in [5.41, 5.74) is 1.37. The molecule has 0 amide bonds. The van der Waals surface area contributed by atoms with E-state index in [1.165, 1.54) is 5.56 Å². The van der Waals surface area contributed by atoms with Gasteiger partial charge in [-0.15, -0.1) is 6.58 Å². The quantitative estimate of drug-likeness (QED) is 0.532. The van der Waals surface area contributed by atoms with Crippen molar-refractivity contribution in [3.8, 4) is 0 Å². The Morgan fingerprint density at radius 2 is 1.88 bits per heavy atom. The van der Waals surface area contributed by atoms with Crippen molar-refractivity contribution in [2.75, 3.05) is 19.6 Å². The predicted octanol–water partition coefficient (Wildman–Crippen LogP) is 2.68. The molecular weight excluding hydrogens is 208 g/mol. The Morgan fingerprint density at radius 1 is 1.18 bits per heavy atom. The first-order valence-electron chi connectivity index (χ1n) is 6.29. The standard InChI is InChI=1S/C15H24N2/c1-4-11-16-12-8-13-17-15(2,3)14-9-6-5-7-10-14/h4-7,9-10,16-17H,1,8,11-13H2,2-3H3. The molecule has 1 aromatic carbocycles. The molecule has 0 aliphatic heterocycles. The highest BCUT2D eigenvalue weighted by molar-refractivity contribution is 5.22. The minimum atomic E-state index is 0.0414. The third-order valence-electron chi connectivity index (χ3n) is 2.88. The summed E-state index contributed by atoms with van der Waals surface area (Å²) in [6.07, 6.45) is 3.02. The van der Waals surface area contributed by atoms with E-state index >= 15 is 0 Å². The summed E-state index contributed by atoms with van der Waals surface area (Å²) >= 11 is 0. The maximum atomic E-state index is 3.68. The first kappa shape index (κ1) is 13.9. The van der Waals surface area contributed by atoms with Gasteiger partial charge >= 0.3 is 0 Å². The first-order valence-corrected chi connectivity index (χ1v) is 6.29. The summed E-state index contributed by atoms with van der Waals surface area (Å²) in [5, 5.41) is 6.89. The number of rotatable bonds is 8. The molecule has 0 unspecified atom stereocenters. The SMILES string of the molecule is C=CCNCCCNC(C)(C)c1ccccc1. The van der Waals surface area contributed by atoms with Crippen LogP contribution >= 0.6 is 0 Å². The van der Waals surface area contributed by atoms with E-state index < -0.39 is 0 Å². The Kier molecular flexibility index (Phi) is 5.95. The summed E-state index contributed by atoms with van der Waals surface area (Å²) in [6.45, 7) is 11.1. The number of benzene rings is 1. The lowest BCUT2D eigenvalue weighted by Crippen LogP contribution is -2.38. The third-order valence-corrected chi connectivity index (χ3v) is 2.88. The topological polar surface area (TPSA) is 24.1 Å². The fourth-order valence-corrected chi connectivity index (χ4v) is 1.78. The molecule has 1 rings (SSSR count). The highest BCUT2D eigenvalue weighted by Gasteiger charge is 2.18. The van der Waals surface area contributed by atoms with Crippen molar-refractivity contribution in [2.24, 2.45) is 0 Å². The van der Waals surface area contributed by atoms with Crippen LogP contribution in [0.25, 0.3) is 0 Å². The van der Waals surface area contributed by atoms with Gasteiger partial charge in [-0.2, -0.15) is 0 Å². The summed E-state index contributed by atoms with van der Waals surface area (Å²) < 4.78 is 0. The lowest BCUT2D eigenvalue weighted by Gasteiger charge is -2.27. The van der Waals surface area contributed by atoms with Crippen molar-refractivity contribution in [1.29, 1.82) is 0 Å². The van der Waals surface area contributed by atoms with Crippen LogP contribution in [0.2, 0.25) is 0 Å². The van der Waals surface area contributed by atoms with E-state index in [1.54, 1.807) is 0 Å². The maximum Gasteiger partial charge on any atom is 0.0377 e. The Bertz CT molecular complexity index is 317. The molecule has 94 valence electrons. The summed E-state index contributed by atoms with van der Waals surface area (Å²) in [5.74, 6) is 0. The van der Waals surface area contributed by atoms with Gasteiger partial charge in [-0.25, -0.2) is 0 Å². The monoisotopic (exact) mass is 232 g/mol. The average Bonchev–Trinajstić information content (AvgIpc) is 2.35. The van der Waals surface area contributed by atoms with Gasteiger partial charge in [-0.1, -0.05) is 36.4 Å². The molecule has 0 fully saturated rings. The molecule has 0 radical (unpaired) electrons. The van der Waals surface area contributed by atoms with Crippen LogP contribution in [-0.4, -0.2) is 19.6 Å². The molecule has 0 saturated carbocycles. The van der Waals surface area contributed by atoms with Gasteiger partial charge < -0.3 is 10.6 Å². The van der Waals surface area contributed by atoms with Crippen LogP contribution in [0.3, 0.4) is 0 Å². The zero-order chi connectivity index (χ0) is 12.6. The summed E-state index contributed by atoms with van der Waals surface area (Å²) in [4.78, 5) is 0. The molecule has 0 aromatic heterocycles. The molecule has 0 spiro atoms. The van der Waals surface area contributed by atoms with E-state index in [4.69, 9.17) is 0 Å². The highest BCUT2D eigenvalue weighted by Crippen LogP contribution is 2.18. The molecule has 17 heavy (non-hydrogen) atoms. The minimum absolute atomic E-state index is 0.0414. The fraction of sp³-hybridized carbons (Fsp3) is 0.467. The highest BCUT2D eigenvalue weighted by atomic mass is 15.0. The molecule has 1 aromatic rings. The van der Waals surface area contributed by atoms with Crippen molar-refractivity contribution in [3.05, 3.63) is 48.6 Å². The molecule has 0 aliphatic rings. The van der Waals surface area contributed by atoms with Crippen LogP contribution in [0, 0.1) is 0 Å². The largest absolute Gasteiger partial charge is 0.313 e. The van der Waals surface area contributed by atoms with Gasteiger partial charge in [0.2, 0.25) is 0 Å². The van der Waals surface area contributed by atoms with Gasteiger partial charge in [-0.3, -0.25) is 0 Å². The lowest BCUT2D eigenvalue weighted by atomic mass is 9.94. The molecule has 0 bridgehead atoms. The first-order chi connectivity index (χ1) is 8.17. The van der Waals surface area contributed by atoms with Crippen molar-refractivity contribution >= 4 is 0 Å². The van der Waals surface area contributed by atoms with E-state index in [0.717, 1.165) is 26.1 Å². The third kappa shape index (κ3) is 5.16. The van der Waals surface area contributed by atoms with E-state index in [9.17, 15) is 0 Å². The molecule has 2 heteroatoms. The molecular formula is C15H24N2. The van der Waals surface area contributed by atoms with Gasteiger partial charge in [0.1, 0.15) is 0 Å². The smallest absolute Gasteiger partial charge is 0.0377 e. The summed E-state index contributed by atoms with van der Waals surface area (Å²) in [6, 6.07) is 10.6. The number of hydrogen-bond acceptors (Lipinski definition) is 2. The second-order valence-electron chi connectivity index (χ2n) is 4.76. The zero-order valence-electron chi connectivity index (χ0n) is 11.0. The fourth-order valence-electron chi connectivity index (χ4n) is 1.78. The van der Waals surface area contributed by atoms with Crippen molar-refractivity contribution < 1.29 is 0 Å². The molecule has 2 N–H and O–H groups in total. The Labute approximate surface area is 105 Å². The normalized spacial score (nSPS) is 11.4. The number of hydrogen-bond donors (Lipinski definition) is 2. The van der Waals surface area contributed by atoms with E-state index in [-0.39, 0.29) is 5.54 Å². The predicted molar refractivity (Wildman–Crippen MR) is 75.2 cm³/mol. The van der Waals surface area contributed by atoms with Crippen LogP contribution in [0.15, 0.2) is 43.0 Å². The van der Waals surface area contributed by atoms with Crippen LogP contribution in [0.4, 0.5) is 0 Å². The van der Waals surface area contributed by atoms with Crippen LogP contribution in [0.1, 0.15) is 25.8 Å². The van der Waals surface area contributed by atoms with Gasteiger partial charge in [0.15, 0.2) is 0 Å². The Hall–Kier alpha value is -1.12. The van der Waals surface area contributed by atoms with E-state index in [2.05, 4.69) is 61.4 Å². The Morgan fingerprint density at radius 3 is 2.53 bits per heavy atom. The van der Waals surface area contributed by atoms with Crippen LogP contribution in [0.5, 0.6) is 0 Å². The van der Waals surface area contributed by atoms with Gasteiger partial charge in [0.25, 0.3) is 0 Å². The van der Waals surface area contributed by atoms with Crippen LogP contribution in [-0.2, 0) is 5.54 Å². The van der Waals surface area contributed by atoms with Gasteiger partial charge in [-0.05, 0) is 38.9 Å². The lowest BCUT2D eigenvalue weighted by molar-refractivity contribution is 0.398. The van der Waals surface area contributed by atoms with Gasteiger partial charge in [0.05, 0.1) is 0 Å².